The van der Waals surface area contributed by atoms with Crippen molar-refractivity contribution >= 4 is 15.9 Å². The molecule has 38 heavy (non-hydrogen) atoms. The van der Waals surface area contributed by atoms with E-state index < -0.39 is 21.0 Å². The molecular formula is C30H41F3O4S. The van der Waals surface area contributed by atoms with Crippen molar-refractivity contribution < 1.29 is 30.6 Å². The molecule has 0 aromatic heterocycles. The molecule has 0 N–H and O–H groups in total. The lowest BCUT2D eigenvalue weighted by atomic mass is 9.68. The van der Waals surface area contributed by atoms with Gasteiger partial charge in [-0.25, -0.2) is 0 Å². The van der Waals surface area contributed by atoms with Crippen LogP contribution in [-0.4, -0.2) is 19.7 Å². The molecule has 2 aliphatic carbocycles. The Bertz CT molecular complexity index is 1180. The second-order valence-electron chi connectivity index (χ2n) is 11.4. The maximum absolute atomic E-state index is 12.9. The molecule has 4 nitrogen and oxygen atoms in total. The molecule has 0 radical (unpaired) electrons. The van der Waals surface area contributed by atoms with Crippen LogP contribution >= 0.6 is 0 Å². The van der Waals surface area contributed by atoms with Crippen LogP contribution in [-0.2, 0) is 19.1 Å². The van der Waals surface area contributed by atoms with Gasteiger partial charge in [0, 0.05) is 18.3 Å². The zero-order valence-corrected chi connectivity index (χ0v) is 24.4. The molecule has 0 saturated carbocycles. The Morgan fingerprint density at radius 2 is 1.61 bits per heavy atom. The molecule has 212 valence electrons. The molecule has 0 aromatic rings. The van der Waals surface area contributed by atoms with Crippen LogP contribution in [0.25, 0.3) is 0 Å². The van der Waals surface area contributed by atoms with Crippen molar-refractivity contribution in [2.24, 2.45) is 16.7 Å². The van der Waals surface area contributed by atoms with Gasteiger partial charge in [-0.15, -0.1) is 0 Å². The average molecular weight is 555 g/mol. The fourth-order valence-corrected chi connectivity index (χ4v) is 5.55. The third-order valence-corrected chi connectivity index (χ3v) is 8.04. The largest absolute Gasteiger partial charge is 0.534 e. The third kappa shape index (κ3) is 8.08. The van der Waals surface area contributed by atoms with Crippen LogP contribution in [0.15, 0.2) is 70.6 Å². The van der Waals surface area contributed by atoms with Gasteiger partial charge in [-0.2, -0.15) is 21.6 Å². The molecule has 0 fully saturated rings. The SMILES string of the molecule is CCC(CC)(C1=CCC(C)=C(OS(=O)(=O)C(F)(F)F)C=C1)C1=CC(C)C=C(CCC(=O)CC(C)(C)C)C=C1. The second kappa shape index (κ2) is 12.2. The van der Waals surface area contributed by atoms with Crippen molar-refractivity contribution in [1.29, 1.82) is 0 Å². The molecule has 1 unspecified atom stereocenters. The summed E-state index contributed by atoms with van der Waals surface area (Å²) in [5.74, 6) is 0.0593. The summed E-state index contributed by atoms with van der Waals surface area (Å²) in [6.07, 6.45) is 16.9. The number of carbonyl (C=O) groups excluding carboxylic acids is 1. The molecule has 0 amide bonds. The topological polar surface area (TPSA) is 60.4 Å². The van der Waals surface area contributed by atoms with Crippen molar-refractivity contribution in [3.63, 3.8) is 0 Å². The van der Waals surface area contributed by atoms with E-state index >= 15 is 0 Å². The highest BCUT2D eigenvalue weighted by Crippen LogP contribution is 2.46. The van der Waals surface area contributed by atoms with E-state index in [0.29, 0.717) is 24.8 Å². The van der Waals surface area contributed by atoms with Gasteiger partial charge >= 0.3 is 15.6 Å². The fraction of sp³-hybridized carbons (Fsp3) is 0.567. The molecule has 1 atom stereocenters. The molecule has 2 rings (SSSR count). The number of allylic oxidation sites excluding steroid dienone is 11. The Kier molecular flexibility index (Phi) is 10.3. The Balaban J connectivity index is 2.31. The van der Waals surface area contributed by atoms with Crippen LogP contribution in [0.2, 0.25) is 0 Å². The van der Waals surface area contributed by atoms with E-state index in [1.165, 1.54) is 6.08 Å². The maximum atomic E-state index is 12.9. The first-order valence-electron chi connectivity index (χ1n) is 13.2. The number of hydrogen-bond acceptors (Lipinski definition) is 4. The molecule has 0 aromatic carbocycles. The van der Waals surface area contributed by atoms with Crippen LogP contribution < -0.4 is 0 Å². The van der Waals surface area contributed by atoms with Gasteiger partial charge in [-0.3, -0.25) is 4.79 Å². The lowest BCUT2D eigenvalue weighted by Gasteiger charge is -2.35. The lowest BCUT2D eigenvalue weighted by Crippen LogP contribution is -2.25. The Morgan fingerprint density at radius 3 is 2.16 bits per heavy atom. The van der Waals surface area contributed by atoms with Gasteiger partial charge in [-0.05, 0) is 66.7 Å². The van der Waals surface area contributed by atoms with Gasteiger partial charge in [-0.1, -0.05) is 83.6 Å². The van der Waals surface area contributed by atoms with Crippen molar-refractivity contribution in [3.8, 4) is 0 Å². The summed E-state index contributed by atoms with van der Waals surface area (Å²) >= 11 is 0. The van der Waals surface area contributed by atoms with Gasteiger partial charge in [0.2, 0.25) is 0 Å². The third-order valence-electron chi connectivity index (χ3n) is 7.07. The number of carbonyl (C=O) groups is 1. The standard InChI is InChI=1S/C30H41F3O4S/c1-8-29(9-2,24-13-10-22(4)27(17-15-24)37-38(35,36)30(31,32)33)25-14-11-23(18-21(3)19-25)12-16-26(34)20-28(5,6)7/h11,13-15,17-19,21H,8-10,12,16,20H2,1-7H3. The van der Waals surface area contributed by atoms with Gasteiger partial charge in [0.05, 0.1) is 0 Å². The van der Waals surface area contributed by atoms with E-state index in [-0.39, 0.29) is 29.3 Å². The number of rotatable bonds is 10. The first kappa shape index (κ1) is 31.9. The van der Waals surface area contributed by atoms with E-state index in [0.717, 1.165) is 29.6 Å². The summed E-state index contributed by atoms with van der Waals surface area (Å²) in [5.41, 5.74) is -2.48. The van der Waals surface area contributed by atoms with E-state index in [1.807, 2.05) is 6.08 Å². The zero-order valence-electron chi connectivity index (χ0n) is 23.5. The Labute approximate surface area is 226 Å². The average Bonchev–Trinajstić information content (AvgIpc) is 3.08. The predicted molar refractivity (Wildman–Crippen MR) is 146 cm³/mol. The first-order valence-corrected chi connectivity index (χ1v) is 14.6. The van der Waals surface area contributed by atoms with Crippen LogP contribution in [0.3, 0.4) is 0 Å². The van der Waals surface area contributed by atoms with Gasteiger partial charge in [0.25, 0.3) is 0 Å². The molecule has 0 aliphatic heterocycles. The number of halogens is 3. The minimum Gasteiger partial charge on any atom is -0.376 e. The van der Waals surface area contributed by atoms with Crippen molar-refractivity contribution in [2.75, 3.05) is 0 Å². The second-order valence-corrected chi connectivity index (χ2v) is 13.0. The lowest BCUT2D eigenvalue weighted by molar-refractivity contribution is -0.120. The fourth-order valence-electron chi connectivity index (χ4n) is 5.02. The van der Waals surface area contributed by atoms with E-state index in [9.17, 15) is 26.4 Å². The monoisotopic (exact) mass is 554 g/mol. The van der Waals surface area contributed by atoms with Gasteiger partial charge in [0.15, 0.2) is 0 Å². The quantitative estimate of drug-likeness (QED) is 0.200. The summed E-state index contributed by atoms with van der Waals surface area (Å²) < 4.78 is 66.4. The smallest absolute Gasteiger partial charge is 0.376 e. The van der Waals surface area contributed by atoms with Crippen LogP contribution in [0, 0.1) is 16.7 Å². The minimum atomic E-state index is -5.76. The normalized spacial score (nSPS) is 19.4. The molecule has 0 bridgehead atoms. The van der Waals surface area contributed by atoms with E-state index in [4.69, 9.17) is 0 Å². The minimum absolute atomic E-state index is 0.0381. The number of hydrogen-bond donors (Lipinski definition) is 0. The number of alkyl halides is 3. The Hall–Kier alpha value is -2.35. The van der Waals surface area contributed by atoms with Crippen molar-refractivity contribution in [1.82, 2.24) is 0 Å². The summed E-state index contributed by atoms with van der Waals surface area (Å²) in [6.45, 7) is 14.0. The summed E-state index contributed by atoms with van der Waals surface area (Å²) in [6, 6.07) is 0. The van der Waals surface area contributed by atoms with Gasteiger partial charge < -0.3 is 4.18 Å². The van der Waals surface area contributed by atoms with E-state index in [1.54, 1.807) is 13.0 Å². The Morgan fingerprint density at radius 1 is 1.00 bits per heavy atom. The van der Waals surface area contributed by atoms with Crippen molar-refractivity contribution in [3.05, 3.63) is 70.6 Å². The van der Waals surface area contributed by atoms with E-state index in [2.05, 4.69) is 70.0 Å². The van der Waals surface area contributed by atoms with Crippen LogP contribution in [0.4, 0.5) is 13.2 Å². The van der Waals surface area contributed by atoms with Crippen molar-refractivity contribution in [2.45, 2.75) is 92.5 Å². The molecule has 8 heteroatoms. The first-order chi connectivity index (χ1) is 17.4. The highest BCUT2D eigenvalue weighted by molar-refractivity contribution is 7.87. The summed E-state index contributed by atoms with van der Waals surface area (Å²) in [7, 11) is -5.76. The molecular weight excluding hydrogens is 513 g/mol. The summed E-state index contributed by atoms with van der Waals surface area (Å²) in [4.78, 5) is 12.4. The predicted octanol–water partition coefficient (Wildman–Crippen LogP) is 8.66. The zero-order chi connectivity index (χ0) is 28.9. The van der Waals surface area contributed by atoms with Crippen LogP contribution in [0.5, 0.6) is 0 Å². The van der Waals surface area contributed by atoms with Crippen LogP contribution in [0.1, 0.15) is 87.0 Å². The molecule has 2 aliphatic rings. The molecule has 0 saturated heterocycles. The number of ketones is 1. The maximum Gasteiger partial charge on any atom is 0.534 e. The highest BCUT2D eigenvalue weighted by Gasteiger charge is 2.49. The van der Waals surface area contributed by atoms with Gasteiger partial charge in [0.1, 0.15) is 11.5 Å². The highest BCUT2D eigenvalue weighted by atomic mass is 32.2. The molecule has 0 spiro atoms. The number of Topliss-reactive ketones (excluding diaryl/α,β-unsaturated/α-hetero) is 1. The summed E-state index contributed by atoms with van der Waals surface area (Å²) in [5, 5.41) is 0. The molecule has 0 heterocycles.